The molecule has 0 aliphatic carbocycles. The summed E-state index contributed by atoms with van der Waals surface area (Å²) in [6.07, 6.45) is 5.92. The van der Waals surface area contributed by atoms with E-state index in [1.54, 1.807) is 55.8 Å². The van der Waals surface area contributed by atoms with Gasteiger partial charge in [-0.2, -0.15) is 0 Å². The normalized spacial score (nSPS) is 13.7. The van der Waals surface area contributed by atoms with Crippen molar-refractivity contribution in [3.63, 3.8) is 0 Å². The molecule has 1 aliphatic rings. The molecule has 4 rings (SSSR count). The van der Waals surface area contributed by atoms with Gasteiger partial charge < -0.3 is 15.0 Å². The van der Waals surface area contributed by atoms with Crippen LogP contribution in [-0.4, -0.2) is 50.9 Å². The predicted octanol–water partition coefficient (Wildman–Crippen LogP) is 5.03. The summed E-state index contributed by atoms with van der Waals surface area (Å²) >= 11 is 0. The monoisotopic (exact) mass is 477 g/mol. The number of nitrogens with zero attached hydrogens (tertiary/aromatic N) is 4. The van der Waals surface area contributed by atoms with Crippen molar-refractivity contribution < 1.29 is 18.7 Å². The van der Waals surface area contributed by atoms with E-state index in [1.165, 1.54) is 12.1 Å². The number of benzene rings is 1. The Balaban J connectivity index is 1.86. The number of amides is 2. The van der Waals surface area contributed by atoms with Crippen molar-refractivity contribution in [3.05, 3.63) is 78.2 Å². The van der Waals surface area contributed by atoms with Gasteiger partial charge in [0.15, 0.2) is 0 Å². The molecule has 35 heavy (non-hydrogen) atoms. The Kier molecular flexibility index (Phi) is 6.10. The van der Waals surface area contributed by atoms with Gasteiger partial charge in [-0.15, -0.1) is 0 Å². The number of rotatable bonds is 5. The number of aromatic nitrogens is 2. The van der Waals surface area contributed by atoms with Gasteiger partial charge in [0.05, 0.1) is 29.7 Å². The van der Waals surface area contributed by atoms with E-state index >= 15 is 0 Å². The molecule has 182 valence electrons. The molecule has 8 nitrogen and oxygen atoms in total. The van der Waals surface area contributed by atoms with Gasteiger partial charge >= 0.3 is 6.09 Å². The van der Waals surface area contributed by atoms with Crippen LogP contribution >= 0.6 is 0 Å². The Morgan fingerprint density at radius 1 is 1.29 bits per heavy atom. The lowest BCUT2D eigenvalue weighted by atomic mass is 9.99. The minimum atomic E-state index is -0.757. The average Bonchev–Trinajstić information content (AvgIpc) is 3.33. The maximum absolute atomic E-state index is 13.7. The number of halogens is 1. The van der Waals surface area contributed by atoms with Gasteiger partial charge in [0.25, 0.3) is 5.91 Å². The van der Waals surface area contributed by atoms with Gasteiger partial charge in [-0.05, 0) is 44.5 Å². The molecule has 1 N–H and O–H groups in total. The van der Waals surface area contributed by atoms with Crippen LogP contribution in [0.5, 0.6) is 0 Å². The zero-order chi connectivity index (χ0) is 25.5. The Bertz CT molecular complexity index is 1370. The lowest BCUT2D eigenvalue weighted by Crippen LogP contribution is -2.37. The summed E-state index contributed by atoms with van der Waals surface area (Å²) in [4.78, 5) is 33.7. The number of hydrogen-bond acceptors (Lipinski definition) is 6. The lowest BCUT2D eigenvalue weighted by molar-refractivity contribution is 0.0248. The number of ether oxygens (including phenoxy) is 1. The Morgan fingerprint density at radius 3 is 2.69 bits per heavy atom. The molecular weight excluding hydrogens is 449 g/mol. The Hall–Kier alpha value is -4.14. The number of carbonyl (C=O) groups is 2. The van der Waals surface area contributed by atoms with Crippen molar-refractivity contribution in [3.8, 4) is 11.3 Å². The number of hydrogen-bond donors (Lipinski definition) is 1. The van der Waals surface area contributed by atoms with E-state index in [9.17, 15) is 14.0 Å². The summed E-state index contributed by atoms with van der Waals surface area (Å²) in [6, 6.07) is 6.33. The summed E-state index contributed by atoms with van der Waals surface area (Å²) < 4.78 is 21.0. The molecule has 2 amide bonds. The van der Waals surface area contributed by atoms with E-state index in [2.05, 4.69) is 16.9 Å². The second-order valence-corrected chi connectivity index (χ2v) is 9.41. The summed E-state index contributed by atoms with van der Waals surface area (Å²) in [5.74, 6) is -0.144. The first kappa shape index (κ1) is 24.0. The van der Waals surface area contributed by atoms with Gasteiger partial charge in [-0.25, -0.2) is 19.1 Å². The minimum absolute atomic E-state index is 0.0326. The number of nitrogens with one attached hydrogen (secondary N) is 1. The van der Waals surface area contributed by atoms with Crippen LogP contribution in [0, 0.1) is 5.82 Å². The fourth-order valence-electron chi connectivity index (χ4n) is 3.94. The Morgan fingerprint density at radius 2 is 2.03 bits per heavy atom. The van der Waals surface area contributed by atoms with Crippen LogP contribution in [0.4, 0.5) is 14.9 Å². The number of pyridine rings is 1. The van der Waals surface area contributed by atoms with E-state index < -0.39 is 23.4 Å². The van der Waals surface area contributed by atoms with Gasteiger partial charge in [0.1, 0.15) is 22.9 Å². The molecule has 0 unspecified atom stereocenters. The quantitative estimate of drug-likeness (QED) is 0.519. The van der Waals surface area contributed by atoms with Crippen molar-refractivity contribution >= 4 is 23.3 Å². The summed E-state index contributed by atoms with van der Waals surface area (Å²) in [5, 5.41) is 3.28. The zero-order valence-corrected chi connectivity index (χ0v) is 20.4. The molecule has 0 saturated carbocycles. The number of allylic oxidation sites excluding steroid dienone is 2. The average molecular weight is 478 g/mol. The standard InChI is InChI=1S/C26H28FN5O3/c1-7-8-21(30(5)6)29-19-10-9-17(20-14-28-22-13-16(27)11-12-31(20)22)18-15-32(24(33)23(18)19)25(34)35-26(2,3)4/h7-14,29H,1,15H2,2-6H3/b21-8-. The van der Waals surface area contributed by atoms with Crippen molar-refractivity contribution in [2.24, 2.45) is 0 Å². The fourth-order valence-corrected chi connectivity index (χ4v) is 3.94. The molecular formula is C26H28FN5O3. The van der Waals surface area contributed by atoms with E-state index in [-0.39, 0.29) is 6.54 Å². The maximum atomic E-state index is 13.7. The molecule has 0 bridgehead atoms. The smallest absolute Gasteiger partial charge is 0.417 e. The number of carbonyl (C=O) groups excluding carboxylic acids is 2. The Labute approximate surface area is 203 Å². The number of fused-ring (bicyclic) bond motifs is 2. The van der Waals surface area contributed by atoms with Gasteiger partial charge in [0, 0.05) is 31.9 Å². The molecule has 0 fully saturated rings. The molecule has 1 aliphatic heterocycles. The number of imide groups is 1. The van der Waals surface area contributed by atoms with E-state index in [1.807, 2.05) is 25.1 Å². The molecule has 0 saturated heterocycles. The molecule has 2 aromatic heterocycles. The highest BCUT2D eigenvalue weighted by atomic mass is 19.1. The highest BCUT2D eigenvalue weighted by molar-refractivity contribution is 6.11. The second-order valence-electron chi connectivity index (χ2n) is 9.41. The fraction of sp³-hybridized carbons (Fsp3) is 0.269. The zero-order valence-electron chi connectivity index (χ0n) is 20.4. The molecule has 0 atom stereocenters. The highest BCUT2D eigenvalue weighted by Gasteiger charge is 2.39. The molecule has 9 heteroatoms. The largest absolute Gasteiger partial charge is 0.443 e. The molecule has 0 spiro atoms. The predicted molar refractivity (Wildman–Crippen MR) is 132 cm³/mol. The molecule has 1 aromatic carbocycles. The van der Waals surface area contributed by atoms with Crippen LogP contribution in [-0.2, 0) is 11.3 Å². The SMILES string of the molecule is C=C/C=C(/Nc1ccc(-c2cnc3cc(F)ccn23)c2c1C(=O)N(C(=O)OC(C)(C)C)C2)N(C)C. The maximum Gasteiger partial charge on any atom is 0.417 e. The number of imidazole rings is 1. The topological polar surface area (TPSA) is 79.2 Å². The third-order valence-corrected chi connectivity index (χ3v) is 5.47. The van der Waals surface area contributed by atoms with Crippen molar-refractivity contribution in [2.45, 2.75) is 32.9 Å². The van der Waals surface area contributed by atoms with E-state index in [0.717, 1.165) is 4.90 Å². The first-order valence-corrected chi connectivity index (χ1v) is 11.1. The second kappa shape index (κ2) is 8.90. The van der Waals surface area contributed by atoms with Crippen LogP contribution < -0.4 is 5.32 Å². The number of anilines is 1. The van der Waals surface area contributed by atoms with E-state index in [0.29, 0.717) is 39.5 Å². The first-order chi connectivity index (χ1) is 16.5. The molecule has 3 aromatic rings. The summed E-state index contributed by atoms with van der Waals surface area (Å²) in [5.41, 5.74) is 2.62. The molecule has 3 heterocycles. The van der Waals surface area contributed by atoms with Crippen molar-refractivity contribution in [2.75, 3.05) is 19.4 Å². The van der Waals surface area contributed by atoms with Gasteiger partial charge in [0.2, 0.25) is 0 Å². The van der Waals surface area contributed by atoms with Crippen molar-refractivity contribution in [1.29, 1.82) is 0 Å². The van der Waals surface area contributed by atoms with Crippen LogP contribution in [0.15, 0.2) is 61.2 Å². The molecule has 0 radical (unpaired) electrons. The van der Waals surface area contributed by atoms with Crippen LogP contribution in [0.1, 0.15) is 36.7 Å². The first-order valence-electron chi connectivity index (χ1n) is 11.1. The summed E-state index contributed by atoms with van der Waals surface area (Å²) in [7, 11) is 3.73. The van der Waals surface area contributed by atoms with Gasteiger partial charge in [-0.1, -0.05) is 18.7 Å². The van der Waals surface area contributed by atoms with Crippen LogP contribution in [0.2, 0.25) is 0 Å². The van der Waals surface area contributed by atoms with Gasteiger partial charge in [-0.3, -0.25) is 9.20 Å². The minimum Gasteiger partial charge on any atom is -0.443 e. The third-order valence-electron chi connectivity index (χ3n) is 5.47. The van der Waals surface area contributed by atoms with E-state index in [4.69, 9.17) is 4.74 Å². The third kappa shape index (κ3) is 4.62. The lowest BCUT2D eigenvalue weighted by Gasteiger charge is -2.23. The summed E-state index contributed by atoms with van der Waals surface area (Å²) in [6.45, 7) is 9.03. The van der Waals surface area contributed by atoms with Crippen LogP contribution in [0.3, 0.4) is 0 Å². The highest BCUT2D eigenvalue weighted by Crippen LogP contribution is 2.38. The van der Waals surface area contributed by atoms with Crippen LogP contribution in [0.25, 0.3) is 16.9 Å². The van der Waals surface area contributed by atoms with Crippen molar-refractivity contribution in [1.82, 2.24) is 19.2 Å².